The van der Waals surface area contributed by atoms with Crippen LogP contribution in [0, 0.1) is 0 Å². The van der Waals surface area contributed by atoms with Crippen LogP contribution in [-0.2, 0) is 16.0 Å². The van der Waals surface area contributed by atoms with Gasteiger partial charge in [-0.2, -0.15) is 0 Å². The Bertz CT molecular complexity index is 486. The minimum atomic E-state index is -0.376. The first kappa shape index (κ1) is 11.6. The molecule has 1 aromatic rings. The Kier molecular flexibility index (Phi) is 3.38. The Hall–Kier alpha value is -1.90. The van der Waals surface area contributed by atoms with Crippen LogP contribution in [0.1, 0.15) is 34.3 Å². The molecule has 0 aliphatic heterocycles. The van der Waals surface area contributed by atoms with Gasteiger partial charge in [0.1, 0.15) is 0 Å². The van der Waals surface area contributed by atoms with E-state index < -0.39 is 0 Å². The van der Waals surface area contributed by atoms with Crippen molar-refractivity contribution in [2.24, 2.45) is 0 Å². The number of carbonyl (C=O) groups is 2. The Balaban J connectivity index is 2.24. The van der Waals surface area contributed by atoms with Gasteiger partial charge in [-0.15, -0.1) is 0 Å². The first-order chi connectivity index (χ1) is 8.20. The predicted octanol–water partition coefficient (Wildman–Crippen LogP) is 2.39. The van der Waals surface area contributed by atoms with Crippen LogP contribution in [0.15, 0.2) is 24.3 Å². The highest BCUT2D eigenvalue weighted by atomic mass is 16.5. The molecule has 3 nitrogen and oxygen atoms in total. The standard InChI is InChI=1S/C14H14O3/c1-17-14(16)8-6-10-5-7-12-11(9-10)3-2-4-13(12)15/h5-9H,2-4H2,1H3/b8-6+. The number of esters is 1. The van der Waals surface area contributed by atoms with Crippen molar-refractivity contribution in [1.82, 2.24) is 0 Å². The van der Waals surface area contributed by atoms with Gasteiger partial charge < -0.3 is 4.74 Å². The minimum absolute atomic E-state index is 0.217. The third kappa shape index (κ3) is 2.61. The number of methoxy groups -OCH3 is 1. The number of ketones is 1. The Labute approximate surface area is 100 Å². The van der Waals surface area contributed by atoms with E-state index in [1.165, 1.54) is 13.2 Å². The van der Waals surface area contributed by atoms with E-state index in [-0.39, 0.29) is 11.8 Å². The maximum absolute atomic E-state index is 11.6. The van der Waals surface area contributed by atoms with Crippen LogP contribution >= 0.6 is 0 Å². The molecule has 0 saturated carbocycles. The number of carbonyl (C=O) groups excluding carboxylic acids is 2. The van der Waals surface area contributed by atoms with Gasteiger partial charge in [-0.1, -0.05) is 18.2 Å². The predicted molar refractivity (Wildman–Crippen MR) is 64.8 cm³/mol. The van der Waals surface area contributed by atoms with Gasteiger partial charge in [-0.3, -0.25) is 4.79 Å². The Morgan fingerprint density at radius 3 is 2.94 bits per heavy atom. The van der Waals surface area contributed by atoms with Crippen molar-refractivity contribution in [2.75, 3.05) is 7.11 Å². The summed E-state index contributed by atoms with van der Waals surface area (Å²) in [6.07, 6.45) is 5.57. The zero-order chi connectivity index (χ0) is 12.3. The van der Waals surface area contributed by atoms with Crippen molar-refractivity contribution in [2.45, 2.75) is 19.3 Å². The monoisotopic (exact) mass is 230 g/mol. The largest absolute Gasteiger partial charge is 0.466 e. The summed E-state index contributed by atoms with van der Waals surface area (Å²) in [6.45, 7) is 0. The van der Waals surface area contributed by atoms with Crippen LogP contribution in [0.25, 0.3) is 6.08 Å². The van der Waals surface area contributed by atoms with Gasteiger partial charge >= 0.3 is 5.97 Å². The fourth-order valence-electron chi connectivity index (χ4n) is 2.00. The van der Waals surface area contributed by atoms with E-state index in [9.17, 15) is 9.59 Å². The lowest BCUT2D eigenvalue weighted by atomic mass is 9.89. The molecule has 0 radical (unpaired) electrons. The van der Waals surface area contributed by atoms with Crippen molar-refractivity contribution in [3.05, 3.63) is 41.0 Å². The summed E-state index contributed by atoms with van der Waals surface area (Å²) in [5, 5.41) is 0. The molecule has 0 bridgehead atoms. The third-order valence-electron chi connectivity index (χ3n) is 2.89. The van der Waals surface area contributed by atoms with E-state index in [0.29, 0.717) is 6.42 Å². The molecule has 0 N–H and O–H groups in total. The number of fused-ring (bicyclic) bond motifs is 1. The van der Waals surface area contributed by atoms with E-state index >= 15 is 0 Å². The summed E-state index contributed by atoms with van der Waals surface area (Å²) in [4.78, 5) is 22.6. The number of aryl methyl sites for hydroxylation is 1. The molecule has 0 amide bonds. The van der Waals surface area contributed by atoms with Gasteiger partial charge in [-0.05, 0) is 30.0 Å². The number of Topliss-reactive ketones (excluding diaryl/α,β-unsaturated/α-hetero) is 1. The molecule has 0 heterocycles. The van der Waals surface area contributed by atoms with Crippen molar-refractivity contribution >= 4 is 17.8 Å². The molecule has 3 heteroatoms. The highest BCUT2D eigenvalue weighted by Gasteiger charge is 2.16. The summed E-state index contributed by atoms with van der Waals surface area (Å²) >= 11 is 0. The smallest absolute Gasteiger partial charge is 0.330 e. The highest BCUT2D eigenvalue weighted by molar-refractivity contribution is 5.98. The summed E-state index contributed by atoms with van der Waals surface area (Å²) < 4.78 is 4.52. The second-order valence-electron chi connectivity index (χ2n) is 4.05. The molecule has 0 aromatic heterocycles. The number of rotatable bonds is 2. The van der Waals surface area contributed by atoms with Crippen molar-refractivity contribution in [1.29, 1.82) is 0 Å². The first-order valence-electron chi connectivity index (χ1n) is 5.63. The van der Waals surface area contributed by atoms with E-state index in [1.54, 1.807) is 6.08 Å². The van der Waals surface area contributed by atoms with Gasteiger partial charge in [0, 0.05) is 18.1 Å². The van der Waals surface area contributed by atoms with Crippen LogP contribution in [0.5, 0.6) is 0 Å². The number of hydrogen-bond donors (Lipinski definition) is 0. The van der Waals surface area contributed by atoms with Gasteiger partial charge in [0.05, 0.1) is 7.11 Å². The number of ether oxygens (including phenoxy) is 1. The van der Waals surface area contributed by atoms with Crippen LogP contribution in [0.2, 0.25) is 0 Å². The lowest BCUT2D eigenvalue weighted by Crippen LogP contribution is -2.10. The highest BCUT2D eigenvalue weighted by Crippen LogP contribution is 2.22. The normalized spacial score (nSPS) is 14.8. The van der Waals surface area contributed by atoms with Gasteiger partial charge in [0.15, 0.2) is 5.78 Å². The molecular formula is C14H14O3. The molecule has 0 atom stereocenters. The molecule has 88 valence electrons. The average Bonchev–Trinajstić information content (AvgIpc) is 2.36. The average molecular weight is 230 g/mol. The van der Waals surface area contributed by atoms with Gasteiger partial charge in [0.25, 0.3) is 0 Å². The zero-order valence-electron chi connectivity index (χ0n) is 9.73. The zero-order valence-corrected chi connectivity index (χ0v) is 9.73. The molecule has 17 heavy (non-hydrogen) atoms. The molecule has 0 saturated heterocycles. The van der Waals surface area contributed by atoms with Crippen LogP contribution in [-0.4, -0.2) is 18.9 Å². The van der Waals surface area contributed by atoms with E-state index in [1.807, 2.05) is 18.2 Å². The summed E-state index contributed by atoms with van der Waals surface area (Å²) in [5.41, 5.74) is 2.82. The van der Waals surface area contributed by atoms with Crippen LogP contribution in [0.4, 0.5) is 0 Å². The van der Waals surface area contributed by atoms with E-state index in [0.717, 1.165) is 29.5 Å². The maximum atomic E-state index is 11.6. The summed E-state index contributed by atoms with van der Waals surface area (Å²) in [6, 6.07) is 5.65. The molecule has 1 aliphatic carbocycles. The second kappa shape index (κ2) is 4.95. The molecule has 1 aromatic carbocycles. The Morgan fingerprint density at radius 2 is 2.18 bits per heavy atom. The van der Waals surface area contributed by atoms with E-state index in [4.69, 9.17) is 0 Å². The fourth-order valence-corrected chi connectivity index (χ4v) is 2.00. The van der Waals surface area contributed by atoms with Crippen molar-refractivity contribution in [3.63, 3.8) is 0 Å². The summed E-state index contributed by atoms with van der Waals surface area (Å²) in [5.74, 6) is -0.159. The van der Waals surface area contributed by atoms with Gasteiger partial charge in [0.2, 0.25) is 0 Å². The molecule has 0 fully saturated rings. The van der Waals surface area contributed by atoms with Crippen LogP contribution in [0.3, 0.4) is 0 Å². The van der Waals surface area contributed by atoms with Crippen molar-refractivity contribution < 1.29 is 14.3 Å². The van der Waals surface area contributed by atoms with E-state index in [2.05, 4.69) is 4.74 Å². The van der Waals surface area contributed by atoms with Gasteiger partial charge in [-0.25, -0.2) is 4.79 Å². The topological polar surface area (TPSA) is 43.4 Å². The third-order valence-corrected chi connectivity index (χ3v) is 2.89. The fraction of sp³-hybridized carbons (Fsp3) is 0.286. The number of hydrogen-bond acceptors (Lipinski definition) is 3. The molecule has 0 unspecified atom stereocenters. The summed E-state index contributed by atoms with van der Waals surface area (Å²) in [7, 11) is 1.35. The SMILES string of the molecule is COC(=O)/C=C/c1ccc2c(c1)CCCC2=O. The molecule has 0 spiro atoms. The quantitative estimate of drug-likeness (QED) is 0.578. The number of benzene rings is 1. The maximum Gasteiger partial charge on any atom is 0.330 e. The second-order valence-corrected chi connectivity index (χ2v) is 4.05. The molecule has 2 rings (SSSR count). The van der Waals surface area contributed by atoms with Crippen LogP contribution < -0.4 is 0 Å². The lowest BCUT2D eigenvalue weighted by molar-refractivity contribution is -0.134. The van der Waals surface area contributed by atoms with Crippen molar-refractivity contribution in [3.8, 4) is 0 Å². The minimum Gasteiger partial charge on any atom is -0.466 e. The molecule has 1 aliphatic rings. The lowest BCUT2D eigenvalue weighted by Gasteiger charge is -2.14. The first-order valence-corrected chi connectivity index (χ1v) is 5.63. The molecular weight excluding hydrogens is 216 g/mol. The Morgan fingerprint density at radius 1 is 1.35 bits per heavy atom.